The van der Waals surface area contributed by atoms with E-state index in [4.69, 9.17) is 12.2 Å². The normalized spacial score (nSPS) is 11.7. The van der Waals surface area contributed by atoms with Crippen molar-refractivity contribution in [1.82, 2.24) is 20.5 Å². The minimum absolute atomic E-state index is 0.0414. The third kappa shape index (κ3) is 2.48. The summed E-state index contributed by atoms with van der Waals surface area (Å²) < 4.78 is 0. The molecule has 4 N–H and O–H groups in total. The lowest BCUT2D eigenvalue weighted by Crippen LogP contribution is -2.32. The highest BCUT2D eigenvalue weighted by Crippen LogP contribution is 1.95. The number of H-pyrrole nitrogens is 1. The van der Waals surface area contributed by atoms with Crippen LogP contribution in [-0.4, -0.2) is 27.1 Å². The SMILES string of the molecule is C#CCC(C)NC(=O)c1nc(N)n[nH]1. The maximum absolute atomic E-state index is 11.4. The van der Waals surface area contributed by atoms with E-state index in [9.17, 15) is 4.79 Å². The summed E-state index contributed by atoms with van der Waals surface area (Å²) >= 11 is 0. The van der Waals surface area contributed by atoms with Crippen molar-refractivity contribution in [1.29, 1.82) is 0 Å². The van der Waals surface area contributed by atoms with Crippen LogP contribution in [0.25, 0.3) is 0 Å². The summed E-state index contributed by atoms with van der Waals surface area (Å²) in [5.74, 6) is 2.21. The highest BCUT2D eigenvalue weighted by Gasteiger charge is 2.12. The van der Waals surface area contributed by atoms with Crippen LogP contribution in [0, 0.1) is 12.3 Å². The molecule has 1 rings (SSSR count). The number of amides is 1. The van der Waals surface area contributed by atoms with E-state index in [-0.39, 0.29) is 23.7 Å². The van der Waals surface area contributed by atoms with Gasteiger partial charge in [0.15, 0.2) is 0 Å². The Morgan fingerprint density at radius 1 is 1.86 bits per heavy atom. The van der Waals surface area contributed by atoms with Crippen LogP contribution in [0.3, 0.4) is 0 Å². The number of hydrogen-bond acceptors (Lipinski definition) is 4. The van der Waals surface area contributed by atoms with E-state index < -0.39 is 0 Å². The Balaban J connectivity index is 2.55. The largest absolute Gasteiger partial charge is 0.366 e. The van der Waals surface area contributed by atoms with Crippen molar-refractivity contribution in [2.24, 2.45) is 0 Å². The van der Waals surface area contributed by atoms with E-state index in [0.717, 1.165) is 0 Å². The first-order valence-corrected chi connectivity index (χ1v) is 4.05. The number of rotatable bonds is 3. The number of aromatic nitrogens is 3. The van der Waals surface area contributed by atoms with E-state index in [1.165, 1.54) is 0 Å². The highest BCUT2D eigenvalue weighted by atomic mass is 16.2. The molecular formula is C8H11N5O. The van der Waals surface area contributed by atoms with Crippen LogP contribution in [0.15, 0.2) is 0 Å². The van der Waals surface area contributed by atoms with E-state index in [1.807, 2.05) is 0 Å². The van der Waals surface area contributed by atoms with Crippen molar-refractivity contribution in [3.8, 4) is 12.3 Å². The lowest BCUT2D eigenvalue weighted by Gasteiger charge is -2.08. The van der Waals surface area contributed by atoms with Gasteiger partial charge in [-0.15, -0.1) is 17.4 Å². The summed E-state index contributed by atoms with van der Waals surface area (Å²) in [5.41, 5.74) is 5.24. The van der Waals surface area contributed by atoms with Gasteiger partial charge >= 0.3 is 0 Å². The Morgan fingerprint density at radius 2 is 2.57 bits per heavy atom. The third-order valence-corrected chi connectivity index (χ3v) is 1.52. The molecule has 0 aliphatic carbocycles. The predicted octanol–water partition coefficient (Wildman–Crippen LogP) is -0.472. The number of nitrogens with one attached hydrogen (secondary N) is 2. The Kier molecular flexibility index (Phi) is 3.07. The Morgan fingerprint density at radius 3 is 3.07 bits per heavy atom. The van der Waals surface area contributed by atoms with Crippen molar-refractivity contribution in [2.45, 2.75) is 19.4 Å². The fourth-order valence-electron chi connectivity index (χ4n) is 0.896. The first-order chi connectivity index (χ1) is 6.63. The van der Waals surface area contributed by atoms with Crippen molar-refractivity contribution in [3.05, 3.63) is 5.82 Å². The predicted molar refractivity (Wildman–Crippen MR) is 51.2 cm³/mol. The minimum atomic E-state index is -0.364. The quantitative estimate of drug-likeness (QED) is 0.565. The second-order valence-electron chi connectivity index (χ2n) is 2.82. The molecule has 0 spiro atoms. The van der Waals surface area contributed by atoms with Crippen LogP contribution < -0.4 is 11.1 Å². The minimum Gasteiger partial charge on any atom is -0.366 e. The van der Waals surface area contributed by atoms with Crippen molar-refractivity contribution < 1.29 is 4.79 Å². The lowest BCUT2D eigenvalue weighted by atomic mass is 10.2. The van der Waals surface area contributed by atoms with E-state index in [0.29, 0.717) is 6.42 Å². The van der Waals surface area contributed by atoms with E-state index in [2.05, 4.69) is 26.4 Å². The van der Waals surface area contributed by atoms with Gasteiger partial charge in [0.1, 0.15) is 0 Å². The molecule has 6 nitrogen and oxygen atoms in total. The maximum Gasteiger partial charge on any atom is 0.288 e. The Labute approximate surface area is 81.3 Å². The van der Waals surface area contributed by atoms with Gasteiger partial charge < -0.3 is 11.1 Å². The Bertz CT molecular complexity index is 364. The first kappa shape index (κ1) is 10.1. The second-order valence-corrected chi connectivity index (χ2v) is 2.82. The number of hydrogen-bond donors (Lipinski definition) is 3. The highest BCUT2D eigenvalue weighted by molar-refractivity contribution is 5.90. The average molecular weight is 193 g/mol. The van der Waals surface area contributed by atoms with Gasteiger partial charge in [0, 0.05) is 12.5 Å². The second kappa shape index (κ2) is 4.28. The summed E-state index contributed by atoms with van der Waals surface area (Å²) in [4.78, 5) is 15.0. The van der Waals surface area contributed by atoms with E-state index >= 15 is 0 Å². The van der Waals surface area contributed by atoms with E-state index in [1.54, 1.807) is 6.92 Å². The van der Waals surface area contributed by atoms with Crippen molar-refractivity contribution >= 4 is 11.9 Å². The monoisotopic (exact) mass is 193 g/mol. The van der Waals surface area contributed by atoms with Gasteiger partial charge in [0.05, 0.1) is 0 Å². The molecule has 74 valence electrons. The van der Waals surface area contributed by atoms with Gasteiger partial charge in [0.25, 0.3) is 5.91 Å². The molecule has 1 aromatic rings. The van der Waals surface area contributed by atoms with Gasteiger partial charge in [-0.05, 0) is 6.92 Å². The molecule has 1 unspecified atom stereocenters. The number of carbonyl (C=O) groups excluding carboxylic acids is 1. The lowest BCUT2D eigenvalue weighted by molar-refractivity contribution is 0.0931. The van der Waals surface area contributed by atoms with Gasteiger partial charge in [-0.3, -0.25) is 9.89 Å². The zero-order chi connectivity index (χ0) is 10.6. The summed E-state index contributed by atoms with van der Waals surface area (Å²) in [5, 5.41) is 8.57. The van der Waals surface area contributed by atoms with Crippen LogP contribution in [0.5, 0.6) is 0 Å². The molecule has 6 heteroatoms. The molecule has 1 amide bonds. The molecular weight excluding hydrogens is 182 g/mol. The van der Waals surface area contributed by atoms with Crippen molar-refractivity contribution in [3.63, 3.8) is 0 Å². The zero-order valence-corrected chi connectivity index (χ0v) is 7.74. The number of nitrogens with two attached hydrogens (primary N) is 1. The van der Waals surface area contributed by atoms with Gasteiger partial charge in [-0.2, -0.15) is 4.98 Å². The summed E-state index contributed by atoms with van der Waals surface area (Å²) in [7, 11) is 0. The number of terminal acetylenes is 1. The summed E-state index contributed by atoms with van der Waals surface area (Å²) in [6, 6.07) is -0.0983. The smallest absolute Gasteiger partial charge is 0.288 e. The third-order valence-electron chi connectivity index (χ3n) is 1.52. The molecule has 0 bridgehead atoms. The molecule has 0 radical (unpaired) electrons. The standard InChI is InChI=1S/C8H11N5O/c1-3-4-5(2)10-7(14)6-11-8(9)13-12-6/h1,5H,4H2,2H3,(H,10,14)(H3,9,11,12,13). The number of nitrogen functional groups attached to an aromatic ring is 1. The van der Waals surface area contributed by atoms with Crippen LogP contribution in [-0.2, 0) is 0 Å². The number of carbonyl (C=O) groups is 1. The van der Waals surface area contributed by atoms with Gasteiger partial charge in [0.2, 0.25) is 11.8 Å². The molecule has 0 aromatic carbocycles. The molecule has 14 heavy (non-hydrogen) atoms. The van der Waals surface area contributed by atoms with Gasteiger partial charge in [-0.1, -0.05) is 0 Å². The zero-order valence-electron chi connectivity index (χ0n) is 7.74. The summed E-state index contributed by atoms with van der Waals surface area (Å²) in [6.07, 6.45) is 5.56. The van der Waals surface area contributed by atoms with Gasteiger partial charge in [-0.25, -0.2) is 0 Å². The molecule has 1 aromatic heterocycles. The van der Waals surface area contributed by atoms with Crippen LogP contribution in [0.1, 0.15) is 24.0 Å². The van der Waals surface area contributed by atoms with Crippen molar-refractivity contribution in [2.75, 3.05) is 5.73 Å². The molecule has 0 fully saturated rings. The molecule has 0 aliphatic rings. The topological polar surface area (TPSA) is 96.7 Å². The van der Waals surface area contributed by atoms with Crippen LogP contribution >= 0.6 is 0 Å². The molecule has 1 heterocycles. The molecule has 0 saturated carbocycles. The Hall–Kier alpha value is -2.03. The maximum atomic E-state index is 11.4. The first-order valence-electron chi connectivity index (χ1n) is 4.05. The number of nitrogens with zero attached hydrogens (tertiary/aromatic N) is 2. The molecule has 0 aliphatic heterocycles. The molecule has 1 atom stereocenters. The number of aromatic amines is 1. The van der Waals surface area contributed by atoms with Crippen LogP contribution in [0.2, 0.25) is 0 Å². The average Bonchev–Trinajstić information content (AvgIpc) is 2.52. The summed E-state index contributed by atoms with van der Waals surface area (Å²) in [6.45, 7) is 1.80. The fraction of sp³-hybridized carbons (Fsp3) is 0.375. The number of anilines is 1. The fourth-order valence-corrected chi connectivity index (χ4v) is 0.896. The molecule has 0 saturated heterocycles. The van der Waals surface area contributed by atoms with Crippen LogP contribution in [0.4, 0.5) is 5.95 Å².